The molecule has 1 aromatic heterocycles. The lowest BCUT2D eigenvalue weighted by Crippen LogP contribution is -2.06. The molecule has 0 spiro atoms. The first kappa shape index (κ1) is 17.8. The lowest BCUT2D eigenvalue weighted by molar-refractivity contribution is -0.128. The number of benzene rings is 3. The third-order valence-corrected chi connectivity index (χ3v) is 5.09. The van der Waals surface area contributed by atoms with Crippen LogP contribution >= 0.6 is 31.9 Å². The van der Waals surface area contributed by atoms with Crippen LogP contribution in [0.3, 0.4) is 0 Å². The Labute approximate surface area is 172 Å². The second kappa shape index (κ2) is 7.58. The van der Waals surface area contributed by atoms with Crippen molar-refractivity contribution in [1.29, 1.82) is 0 Å². The highest BCUT2D eigenvalue weighted by atomic mass is 79.9. The molecule has 0 bridgehead atoms. The summed E-state index contributed by atoms with van der Waals surface area (Å²) < 4.78 is 6.97. The molecule has 3 aromatic carbocycles. The Morgan fingerprint density at radius 3 is 2.19 bits per heavy atom. The number of para-hydroxylation sites is 2. The van der Waals surface area contributed by atoms with Crippen LogP contribution in [0.1, 0.15) is 5.56 Å². The van der Waals surface area contributed by atoms with Crippen molar-refractivity contribution in [2.45, 2.75) is 0 Å². The fourth-order valence-corrected chi connectivity index (χ4v) is 3.95. The predicted octanol–water partition coefficient (Wildman–Crippen LogP) is 5.93. The van der Waals surface area contributed by atoms with E-state index in [0.29, 0.717) is 21.3 Å². The van der Waals surface area contributed by atoms with Crippen LogP contribution in [0, 0.1) is 0 Å². The molecule has 0 aliphatic carbocycles. The van der Waals surface area contributed by atoms with E-state index in [-0.39, 0.29) is 0 Å². The monoisotopic (exact) mass is 482 g/mol. The second-order valence-corrected chi connectivity index (χ2v) is 7.45. The minimum absolute atomic E-state index is 0.342. The molecule has 132 valence electrons. The summed E-state index contributed by atoms with van der Waals surface area (Å²) >= 11 is 6.97. The van der Waals surface area contributed by atoms with Gasteiger partial charge in [-0.1, -0.05) is 42.5 Å². The summed E-state index contributed by atoms with van der Waals surface area (Å²) in [4.78, 5) is 21.6. The number of rotatable bonds is 3. The number of aromatic nitrogens is 2. The Morgan fingerprint density at radius 2 is 1.48 bits per heavy atom. The van der Waals surface area contributed by atoms with Crippen molar-refractivity contribution in [3.63, 3.8) is 0 Å². The maximum absolute atomic E-state index is 12.3. The summed E-state index contributed by atoms with van der Waals surface area (Å²) in [6, 6.07) is 18.9. The fourth-order valence-electron chi connectivity index (χ4n) is 2.64. The number of fused-ring (bicyclic) bond motifs is 2. The van der Waals surface area contributed by atoms with Gasteiger partial charge in [0.2, 0.25) is 0 Å². The van der Waals surface area contributed by atoms with Crippen molar-refractivity contribution in [3.8, 4) is 5.75 Å². The number of carbonyl (C=O) groups is 1. The van der Waals surface area contributed by atoms with E-state index in [4.69, 9.17) is 4.74 Å². The number of carbonyl (C=O) groups excluding carboxylic acids is 1. The number of hydrogen-bond acceptors (Lipinski definition) is 4. The molecule has 0 atom stereocenters. The Balaban J connectivity index is 1.75. The highest BCUT2D eigenvalue weighted by molar-refractivity contribution is 9.11. The Morgan fingerprint density at radius 1 is 0.852 bits per heavy atom. The smallest absolute Gasteiger partial charge is 0.336 e. The van der Waals surface area contributed by atoms with Gasteiger partial charge >= 0.3 is 5.97 Å². The molecule has 0 saturated carbocycles. The zero-order chi connectivity index (χ0) is 18.8. The van der Waals surface area contributed by atoms with Crippen LogP contribution in [-0.4, -0.2) is 15.9 Å². The average molecular weight is 484 g/mol. The molecule has 1 heterocycles. The van der Waals surface area contributed by atoms with Gasteiger partial charge in [-0.25, -0.2) is 14.8 Å². The lowest BCUT2D eigenvalue weighted by atomic mass is 10.2. The first-order valence-corrected chi connectivity index (χ1v) is 9.70. The molecule has 0 saturated heterocycles. The Kier molecular flexibility index (Phi) is 5.01. The van der Waals surface area contributed by atoms with Gasteiger partial charge in [-0.3, -0.25) is 0 Å². The van der Waals surface area contributed by atoms with Crippen molar-refractivity contribution in [2.75, 3.05) is 0 Å². The summed E-state index contributed by atoms with van der Waals surface area (Å²) in [6.45, 7) is 0. The largest absolute Gasteiger partial charge is 0.420 e. The van der Waals surface area contributed by atoms with Gasteiger partial charge in [-0.2, -0.15) is 0 Å². The predicted molar refractivity (Wildman–Crippen MR) is 114 cm³/mol. The number of hydrogen-bond donors (Lipinski definition) is 0. The summed E-state index contributed by atoms with van der Waals surface area (Å²) in [7, 11) is 0. The molecule has 0 radical (unpaired) electrons. The molecular weight excluding hydrogens is 472 g/mol. The van der Waals surface area contributed by atoms with Gasteiger partial charge in [-0.15, -0.1) is 0 Å². The minimum Gasteiger partial charge on any atom is -0.420 e. The zero-order valence-corrected chi connectivity index (χ0v) is 17.1. The SMILES string of the molecule is O=C(C=Cc1ccccc1)Oc1c(Br)cc(Br)c2nc3ccccc3nc12. The van der Waals surface area contributed by atoms with Crippen LogP contribution in [0.2, 0.25) is 0 Å². The highest BCUT2D eigenvalue weighted by Crippen LogP contribution is 2.37. The Hall–Kier alpha value is -2.57. The van der Waals surface area contributed by atoms with Crippen LogP contribution in [0.4, 0.5) is 0 Å². The number of halogens is 2. The van der Waals surface area contributed by atoms with Crippen molar-refractivity contribution >= 4 is 66.0 Å². The lowest BCUT2D eigenvalue weighted by Gasteiger charge is -2.10. The van der Waals surface area contributed by atoms with Gasteiger partial charge < -0.3 is 4.74 Å². The van der Waals surface area contributed by atoms with E-state index < -0.39 is 5.97 Å². The third kappa shape index (κ3) is 3.77. The topological polar surface area (TPSA) is 52.1 Å². The molecule has 4 nitrogen and oxygen atoms in total. The number of ether oxygens (including phenoxy) is 1. The van der Waals surface area contributed by atoms with Crippen LogP contribution in [-0.2, 0) is 4.79 Å². The standard InChI is InChI=1S/C21H12Br2N2O2/c22-14-12-15(23)21(27-18(26)11-10-13-6-2-1-3-7-13)20-19(14)24-16-8-4-5-9-17(16)25-20/h1-12H. The van der Waals surface area contributed by atoms with Gasteiger partial charge in [0.05, 0.1) is 15.5 Å². The van der Waals surface area contributed by atoms with Gasteiger partial charge in [0.25, 0.3) is 0 Å². The highest BCUT2D eigenvalue weighted by Gasteiger charge is 2.17. The van der Waals surface area contributed by atoms with Gasteiger partial charge in [0.1, 0.15) is 11.0 Å². The van der Waals surface area contributed by atoms with E-state index in [0.717, 1.165) is 21.1 Å². The molecule has 6 heteroatoms. The second-order valence-electron chi connectivity index (χ2n) is 5.74. The quantitative estimate of drug-likeness (QED) is 0.157. The number of nitrogens with zero attached hydrogens (tertiary/aromatic N) is 2. The van der Waals surface area contributed by atoms with Crippen molar-refractivity contribution in [3.05, 3.63) is 81.2 Å². The molecule has 0 amide bonds. The van der Waals surface area contributed by atoms with Crippen molar-refractivity contribution in [2.24, 2.45) is 0 Å². The van der Waals surface area contributed by atoms with Gasteiger partial charge in [-0.05, 0) is 61.7 Å². The van der Waals surface area contributed by atoms with Crippen molar-refractivity contribution in [1.82, 2.24) is 9.97 Å². The molecule has 0 aliphatic heterocycles. The maximum atomic E-state index is 12.3. The molecule has 4 aromatic rings. The van der Waals surface area contributed by atoms with Crippen LogP contribution < -0.4 is 4.74 Å². The van der Waals surface area contributed by atoms with Crippen molar-refractivity contribution < 1.29 is 9.53 Å². The summed E-state index contributed by atoms with van der Waals surface area (Å²) in [5, 5.41) is 0. The first-order valence-electron chi connectivity index (χ1n) is 8.11. The normalized spacial score (nSPS) is 11.3. The van der Waals surface area contributed by atoms with Crippen LogP contribution in [0.15, 0.2) is 75.7 Å². The van der Waals surface area contributed by atoms with Crippen LogP contribution in [0.25, 0.3) is 28.1 Å². The van der Waals surface area contributed by atoms with Gasteiger partial charge in [0, 0.05) is 10.5 Å². The van der Waals surface area contributed by atoms with E-state index in [9.17, 15) is 4.79 Å². The zero-order valence-electron chi connectivity index (χ0n) is 13.9. The van der Waals surface area contributed by atoms with Gasteiger partial charge in [0.15, 0.2) is 5.75 Å². The molecule has 0 fully saturated rings. The Bertz CT molecular complexity index is 1190. The van der Waals surface area contributed by atoms with Crippen LogP contribution in [0.5, 0.6) is 5.75 Å². The number of esters is 1. The van der Waals surface area contributed by atoms with E-state index in [2.05, 4.69) is 41.8 Å². The van der Waals surface area contributed by atoms with E-state index in [1.54, 1.807) is 12.1 Å². The van der Waals surface area contributed by atoms with E-state index in [1.807, 2.05) is 54.6 Å². The molecule has 0 unspecified atom stereocenters. The van der Waals surface area contributed by atoms with E-state index in [1.165, 1.54) is 6.08 Å². The molecule has 27 heavy (non-hydrogen) atoms. The molecular formula is C21H12Br2N2O2. The summed E-state index contributed by atoms with van der Waals surface area (Å²) in [5.41, 5.74) is 3.56. The maximum Gasteiger partial charge on any atom is 0.336 e. The molecule has 4 rings (SSSR count). The minimum atomic E-state index is -0.488. The average Bonchev–Trinajstić information content (AvgIpc) is 2.69. The summed E-state index contributed by atoms with van der Waals surface area (Å²) in [5.74, 6) is -0.146. The summed E-state index contributed by atoms with van der Waals surface area (Å²) in [6.07, 6.45) is 3.10. The van der Waals surface area contributed by atoms with E-state index >= 15 is 0 Å². The fraction of sp³-hybridized carbons (Fsp3) is 0. The first-order chi connectivity index (χ1) is 13.1. The third-order valence-electron chi connectivity index (χ3n) is 3.90. The molecule has 0 aliphatic rings. The molecule has 0 N–H and O–H groups in total.